The summed E-state index contributed by atoms with van der Waals surface area (Å²) in [5.41, 5.74) is 7.00. The monoisotopic (exact) mass is 160 g/mol. The van der Waals surface area contributed by atoms with Crippen molar-refractivity contribution in [3.63, 3.8) is 0 Å². The predicted molar refractivity (Wildman–Crippen MR) is 51.8 cm³/mol. The third kappa shape index (κ3) is 2.89. The molecule has 63 valence electrons. The molecule has 1 radical (unpaired) electrons. The Kier molecular flexibility index (Phi) is 3.55. The van der Waals surface area contributed by atoms with Gasteiger partial charge in [-0.3, -0.25) is 0 Å². The summed E-state index contributed by atoms with van der Waals surface area (Å²) in [6.07, 6.45) is 3.60. The van der Waals surface area contributed by atoms with Gasteiger partial charge in [0.25, 0.3) is 0 Å². The second-order valence-corrected chi connectivity index (χ2v) is 2.88. The van der Waals surface area contributed by atoms with Crippen molar-refractivity contribution in [2.45, 2.75) is 18.9 Å². The average Bonchev–Trinajstić information content (AvgIpc) is 2.06. The van der Waals surface area contributed by atoms with Crippen molar-refractivity contribution in [2.75, 3.05) is 0 Å². The van der Waals surface area contributed by atoms with E-state index in [1.165, 1.54) is 5.56 Å². The Hall–Kier alpha value is -1.08. The van der Waals surface area contributed by atoms with Crippen LogP contribution < -0.4 is 5.73 Å². The fourth-order valence-electron chi connectivity index (χ4n) is 1.14. The SMILES string of the molecule is C=CCC(N)Cc1[c]cccc1. The molecular formula is C11H14N. The van der Waals surface area contributed by atoms with Crippen LogP contribution in [0, 0.1) is 6.07 Å². The van der Waals surface area contributed by atoms with Gasteiger partial charge in [-0.05, 0) is 24.5 Å². The molecule has 0 aliphatic rings. The van der Waals surface area contributed by atoms with E-state index in [1.807, 2.05) is 30.3 Å². The van der Waals surface area contributed by atoms with E-state index in [4.69, 9.17) is 5.73 Å². The van der Waals surface area contributed by atoms with E-state index in [0.29, 0.717) is 0 Å². The second kappa shape index (κ2) is 4.73. The van der Waals surface area contributed by atoms with Crippen molar-refractivity contribution in [2.24, 2.45) is 5.73 Å². The van der Waals surface area contributed by atoms with Crippen LogP contribution in [0.5, 0.6) is 0 Å². The molecule has 0 heterocycles. The lowest BCUT2D eigenvalue weighted by Gasteiger charge is -2.07. The summed E-state index contributed by atoms with van der Waals surface area (Å²) < 4.78 is 0. The summed E-state index contributed by atoms with van der Waals surface area (Å²) in [4.78, 5) is 0. The smallest absolute Gasteiger partial charge is 0.0114 e. The van der Waals surface area contributed by atoms with Gasteiger partial charge in [-0.15, -0.1) is 6.58 Å². The highest BCUT2D eigenvalue weighted by molar-refractivity contribution is 5.14. The molecule has 0 saturated carbocycles. The normalized spacial score (nSPS) is 12.4. The topological polar surface area (TPSA) is 26.0 Å². The van der Waals surface area contributed by atoms with Crippen LogP contribution in [0.2, 0.25) is 0 Å². The van der Waals surface area contributed by atoms with Gasteiger partial charge >= 0.3 is 0 Å². The van der Waals surface area contributed by atoms with Gasteiger partial charge in [-0.1, -0.05) is 30.3 Å². The summed E-state index contributed by atoms with van der Waals surface area (Å²) in [5, 5.41) is 0. The molecule has 1 atom stereocenters. The molecule has 1 aromatic rings. The summed E-state index contributed by atoms with van der Waals surface area (Å²) in [7, 11) is 0. The first kappa shape index (κ1) is 9.01. The van der Waals surface area contributed by atoms with Crippen molar-refractivity contribution in [3.8, 4) is 0 Å². The molecule has 12 heavy (non-hydrogen) atoms. The quantitative estimate of drug-likeness (QED) is 0.669. The number of benzene rings is 1. The maximum absolute atomic E-state index is 5.82. The minimum Gasteiger partial charge on any atom is -0.327 e. The lowest BCUT2D eigenvalue weighted by atomic mass is 10.0. The Bertz CT molecular complexity index is 228. The van der Waals surface area contributed by atoms with Crippen molar-refractivity contribution >= 4 is 0 Å². The predicted octanol–water partition coefficient (Wildman–Crippen LogP) is 1.93. The zero-order valence-electron chi connectivity index (χ0n) is 7.16. The molecule has 0 bridgehead atoms. The molecule has 0 aromatic heterocycles. The summed E-state index contributed by atoms with van der Waals surface area (Å²) >= 11 is 0. The van der Waals surface area contributed by atoms with Crippen molar-refractivity contribution in [1.29, 1.82) is 0 Å². The lowest BCUT2D eigenvalue weighted by Crippen LogP contribution is -2.21. The number of hydrogen-bond acceptors (Lipinski definition) is 1. The van der Waals surface area contributed by atoms with E-state index in [0.717, 1.165) is 12.8 Å². The van der Waals surface area contributed by atoms with E-state index in [-0.39, 0.29) is 6.04 Å². The Balaban J connectivity index is 2.46. The van der Waals surface area contributed by atoms with Gasteiger partial charge in [0.05, 0.1) is 0 Å². The highest BCUT2D eigenvalue weighted by Gasteiger charge is 2.00. The molecular weight excluding hydrogens is 146 g/mol. The van der Waals surface area contributed by atoms with Crippen LogP contribution in [0.15, 0.2) is 36.9 Å². The number of nitrogens with two attached hydrogens (primary N) is 1. The van der Waals surface area contributed by atoms with Crippen molar-refractivity contribution in [1.82, 2.24) is 0 Å². The number of rotatable bonds is 4. The average molecular weight is 160 g/mol. The minimum absolute atomic E-state index is 0.182. The molecule has 0 spiro atoms. The Morgan fingerprint density at radius 3 is 3.00 bits per heavy atom. The molecule has 0 fully saturated rings. The van der Waals surface area contributed by atoms with E-state index in [9.17, 15) is 0 Å². The molecule has 0 amide bonds. The molecule has 1 nitrogen and oxygen atoms in total. The van der Waals surface area contributed by atoms with Crippen LogP contribution in [0.4, 0.5) is 0 Å². The van der Waals surface area contributed by atoms with E-state index < -0.39 is 0 Å². The van der Waals surface area contributed by atoms with Gasteiger partial charge < -0.3 is 5.73 Å². The van der Waals surface area contributed by atoms with Crippen molar-refractivity contribution < 1.29 is 0 Å². The van der Waals surface area contributed by atoms with E-state index in [2.05, 4.69) is 12.6 Å². The maximum atomic E-state index is 5.82. The molecule has 0 aliphatic carbocycles. The molecule has 1 rings (SSSR count). The van der Waals surface area contributed by atoms with Crippen LogP contribution in [0.3, 0.4) is 0 Å². The third-order valence-electron chi connectivity index (χ3n) is 1.72. The lowest BCUT2D eigenvalue weighted by molar-refractivity contribution is 0.679. The molecule has 1 unspecified atom stereocenters. The largest absolute Gasteiger partial charge is 0.327 e. The van der Waals surface area contributed by atoms with Crippen LogP contribution in [-0.2, 0) is 6.42 Å². The third-order valence-corrected chi connectivity index (χ3v) is 1.72. The van der Waals surface area contributed by atoms with E-state index in [1.54, 1.807) is 0 Å². The zero-order valence-corrected chi connectivity index (χ0v) is 7.16. The number of hydrogen-bond donors (Lipinski definition) is 1. The Labute approximate surface area is 73.9 Å². The molecule has 2 N–H and O–H groups in total. The van der Waals surface area contributed by atoms with Crippen molar-refractivity contribution in [3.05, 3.63) is 48.6 Å². The van der Waals surface area contributed by atoms with Gasteiger partial charge in [-0.2, -0.15) is 0 Å². The second-order valence-electron chi connectivity index (χ2n) is 2.88. The van der Waals surface area contributed by atoms with Gasteiger partial charge in [0.1, 0.15) is 0 Å². The fraction of sp³-hybridized carbons (Fsp3) is 0.273. The first-order chi connectivity index (χ1) is 5.83. The molecule has 0 aliphatic heterocycles. The standard InChI is InChI=1S/C11H14N/c1-2-6-11(12)9-10-7-4-3-5-8-10/h2-5,7,11H,1,6,9,12H2. The van der Waals surface area contributed by atoms with Crippen LogP contribution in [-0.4, -0.2) is 6.04 Å². The minimum atomic E-state index is 0.182. The molecule has 1 heteroatoms. The van der Waals surface area contributed by atoms with Gasteiger partial charge in [0.2, 0.25) is 0 Å². The summed E-state index contributed by atoms with van der Waals surface area (Å²) in [5.74, 6) is 0. The van der Waals surface area contributed by atoms with Crippen LogP contribution in [0.1, 0.15) is 12.0 Å². The molecule has 0 saturated heterocycles. The van der Waals surface area contributed by atoms with Crippen LogP contribution >= 0.6 is 0 Å². The Morgan fingerprint density at radius 2 is 2.42 bits per heavy atom. The first-order valence-corrected chi connectivity index (χ1v) is 4.15. The van der Waals surface area contributed by atoms with Crippen LogP contribution in [0.25, 0.3) is 0 Å². The van der Waals surface area contributed by atoms with Gasteiger partial charge in [0.15, 0.2) is 0 Å². The first-order valence-electron chi connectivity index (χ1n) is 4.15. The van der Waals surface area contributed by atoms with Gasteiger partial charge in [0, 0.05) is 6.04 Å². The summed E-state index contributed by atoms with van der Waals surface area (Å²) in [6, 6.07) is 11.2. The zero-order chi connectivity index (χ0) is 8.81. The highest BCUT2D eigenvalue weighted by atomic mass is 14.6. The Morgan fingerprint density at radius 1 is 1.58 bits per heavy atom. The van der Waals surface area contributed by atoms with Gasteiger partial charge in [-0.25, -0.2) is 0 Å². The highest BCUT2D eigenvalue weighted by Crippen LogP contribution is 2.02. The molecule has 1 aromatic carbocycles. The maximum Gasteiger partial charge on any atom is 0.0114 e. The van der Waals surface area contributed by atoms with E-state index >= 15 is 0 Å². The summed E-state index contributed by atoms with van der Waals surface area (Å²) in [6.45, 7) is 3.65. The fourth-order valence-corrected chi connectivity index (χ4v) is 1.14.